The summed E-state index contributed by atoms with van der Waals surface area (Å²) in [5.41, 5.74) is 3.47. The summed E-state index contributed by atoms with van der Waals surface area (Å²) in [6, 6.07) is 14.2. The van der Waals surface area contributed by atoms with Gasteiger partial charge in [-0.25, -0.2) is 8.42 Å². The van der Waals surface area contributed by atoms with Gasteiger partial charge in [0.15, 0.2) is 0 Å². The van der Waals surface area contributed by atoms with Crippen molar-refractivity contribution in [3.8, 4) is 0 Å². The van der Waals surface area contributed by atoms with Gasteiger partial charge in [-0.3, -0.25) is 9.78 Å². The molecular formula is C23H25N3O3S. The molecule has 1 N–H and O–H groups in total. The van der Waals surface area contributed by atoms with Crippen LogP contribution in [0.1, 0.15) is 40.9 Å². The number of rotatable bonds is 4. The third-order valence-corrected chi connectivity index (χ3v) is 7.34. The molecule has 0 saturated carbocycles. The summed E-state index contributed by atoms with van der Waals surface area (Å²) in [5.74, 6) is -0.309. The maximum absolute atomic E-state index is 12.9. The van der Waals surface area contributed by atoms with E-state index in [0.29, 0.717) is 30.0 Å². The molecule has 1 amide bonds. The minimum Gasteiger partial charge on any atom is -0.322 e. The van der Waals surface area contributed by atoms with E-state index in [0.717, 1.165) is 35.7 Å². The summed E-state index contributed by atoms with van der Waals surface area (Å²) in [6.45, 7) is 4.87. The Morgan fingerprint density at radius 3 is 2.53 bits per heavy atom. The molecule has 30 heavy (non-hydrogen) atoms. The Balaban J connectivity index is 1.60. The normalized spacial score (nSPS) is 15.3. The Kier molecular flexibility index (Phi) is 5.58. The lowest BCUT2D eigenvalue weighted by molar-refractivity contribution is 0.102. The Labute approximate surface area is 177 Å². The third kappa shape index (κ3) is 4.08. The number of pyridine rings is 1. The molecule has 156 valence electrons. The van der Waals surface area contributed by atoms with E-state index in [1.165, 1.54) is 10.4 Å². The first-order chi connectivity index (χ1) is 14.3. The lowest BCUT2D eigenvalue weighted by Gasteiger charge is -2.26. The van der Waals surface area contributed by atoms with Gasteiger partial charge >= 0.3 is 0 Å². The Bertz CT molecular complexity index is 1220. The van der Waals surface area contributed by atoms with E-state index in [1.54, 1.807) is 25.1 Å². The zero-order chi connectivity index (χ0) is 21.3. The molecule has 0 atom stereocenters. The van der Waals surface area contributed by atoms with Crippen LogP contribution in [0.5, 0.6) is 0 Å². The summed E-state index contributed by atoms with van der Waals surface area (Å²) in [5, 5.41) is 3.73. The van der Waals surface area contributed by atoms with Gasteiger partial charge in [0.25, 0.3) is 5.91 Å². The topological polar surface area (TPSA) is 79.4 Å². The Hall–Kier alpha value is -2.77. The number of hydrogen-bond donors (Lipinski definition) is 1. The van der Waals surface area contributed by atoms with E-state index < -0.39 is 10.0 Å². The number of carbonyl (C=O) groups excluding carboxylic acids is 1. The van der Waals surface area contributed by atoms with Gasteiger partial charge in [-0.05, 0) is 63.1 Å². The SMILES string of the molecule is Cc1ccc2nc(C)c(C(=O)Nc3cccc(S(=O)(=O)N4CCCCC4)c3)cc2c1. The molecule has 0 bridgehead atoms. The first-order valence-corrected chi connectivity index (χ1v) is 11.6. The highest BCUT2D eigenvalue weighted by Gasteiger charge is 2.26. The fourth-order valence-electron chi connectivity index (χ4n) is 3.81. The van der Waals surface area contributed by atoms with Crippen LogP contribution in [-0.4, -0.2) is 36.7 Å². The quantitative estimate of drug-likeness (QED) is 0.679. The first kappa shape index (κ1) is 20.5. The molecule has 1 aromatic heterocycles. The molecule has 6 nitrogen and oxygen atoms in total. The van der Waals surface area contributed by atoms with Crippen molar-refractivity contribution in [2.45, 2.75) is 38.0 Å². The fourth-order valence-corrected chi connectivity index (χ4v) is 5.37. The predicted octanol–water partition coefficient (Wildman–Crippen LogP) is 4.28. The molecule has 7 heteroatoms. The number of nitrogens with zero attached hydrogens (tertiary/aromatic N) is 2. The van der Waals surface area contributed by atoms with Gasteiger partial charge in [-0.15, -0.1) is 0 Å². The highest BCUT2D eigenvalue weighted by Crippen LogP contribution is 2.24. The van der Waals surface area contributed by atoms with Crippen molar-refractivity contribution in [2.75, 3.05) is 18.4 Å². The molecule has 1 fully saturated rings. The van der Waals surface area contributed by atoms with Gasteiger partial charge < -0.3 is 5.32 Å². The summed E-state index contributed by atoms with van der Waals surface area (Å²) in [7, 11) is -3.56. The second-order valence-corrected chi connectivity index (χ2v) is 9.70. The lowest BCUT2D eigenvalue weighted by atomic mass is 10.1. The second-order valence-electron chi connectivity index (χ2n) is 7.76. The maximum Gasteiger partial charge on any atom is 0.257 e. The van der Waals surface area contributed by atoms with Crippen LogP contribution < -0.4 is 5.32 Å². The van der Waals surface area contributed by atoms with Crippen molar-refractivity contribution >= 4 is 32.5 Å². The molecular weight excluding hydrogens is 398 g/mol. The largest absolute Gasteiger partial charge is 0.322 e. The van der Waals surface area contributed by atoms with E-state index in [1.807, 2.05) is 31.2 Å². The molecule has 0 spiro atoms. The highest BCUT2D eigenvalue weighted by atomic mass is 32.2. The van der Waals surface area contributed by atoms with E-state index in [2.05, 4.69) is 10.3 Å². The maximum atomic E-state index is 12.9. The van der Waals surface area contributed by atoms with Gasteiger partial charge in [-0.1, -0.05) is 24.1 Å². The number of benzene rings is 2. The van der Waals surface area contributed by atoms with Gasteiger partial charge in [0.2, 0.25) is 10.0 Å². The van der Waals surface area contributed by atoms with Crippen LogP contribution in [0.15, 0.2) is 53.4 Å². The van der Waals surface area contributed by atoms with E-state index in [-0.39, 0.29) is 10.8 Å². The van der Waals surface area contributed by atoms with Crippen molar-refractivity contribution in [1.82, 2.24) is 9.29 Å². The average molecular weight is 424 g/mol. The van der Waals surface area contributed by atoms with Crippen LogP contribution in [0.4, 0.5) is 5.69 Å². The van der Waals surface area contributed by atoms with Crippen molar-refractivity contribution in [1.29, 1.82) is 0 Å². The molecule has 1 aliphatic rings. The van der Waals surface area contributed by atoms with Crippen molar-refractivity contribution in [3.63, 3.8) is 0 Å². The molecule has 0 aliphatic carbocycles. The molecule has 0 radical (unpaired) electrons. The van der Waals surface area contributed by atoms with E-state index in [9.17, 15) is 13.2 Å². The summed E-state index contributed by atoms with van der Waals surface area (Å²) >= 11 is 0. The molecule has 0 unspecified atom stereocenters. The van der Waals surface area contributed by atoms with Crippen LogP contribution in [0.25, 0.3) is 10.9 Å². The second kappa shape index (κ2) is 8.16. The fraction of sp³-hybridized carbons (Fsp3) is 0.304. The number of amides is 1. The summed E-state index contributed by atoms with van der Waals surface area (Å²) < 4.78 is 27.4. The third-order valence-electron chi connectivity index (χ3n) is 5.45. The van der Waals surface area contributed by atoms with Gasteiger partial charge in [0.1, 0.15) is 0 Å². The first-order valence-electron chi connectivity index (χ1n) is 10.1. The number of sulfonamides is 1. The van der Waals surface area contributed by atoms with Gasteiger partial charge in [0, 0.05) is 24.2 Å². The average Bonchev–Trinajstić information content (AvgIpc) is 2.74. The highest BCUT2D eigenvalue weighted by molar-refractivity contribution is 7.89. The molecule has 1 saturated heterocycles. The minimum absolute atomic E-state index is 0.200. The Morgan fingerprint density at radius 2 is 1.77 bits per heavy atom. The van der Waals surface area contributed by atoms with Crippen LogP contribution in [0.3, 0.4) is 0 Å². The van der Waals surface area contributed by atoms with Crippen LogP contribution >= 0.6 is 0 Å². The number of carbonyl (C=O) groups is 1. The lowest BCUT2D eigenvalue weighted by Crippen LogP contribution is -2.35. The standard InChI is InChI=1S/C23H25N3O3S/c1-16-9-10-22-18(13-16)14-21(17(2)24-22)23(27)25-19-7-6-8-20(15-19)30(28,29)26-11-4-3-5-12-26/h6-10,13-15H,3-5,11-12H2,1-2H3,(H,25,27). The van der Waals surface area contributed by atoms with Crippen molar-refractivity contribution in [3.05, 3.63) is 65.4 Å². The van der Waals surface area contributed by atoms with E-state index in [4.69, 9.17) is 0 Å². The van der Waals surface area contributed by atoms with Gasteiger partial charge in [-0.2, -0.15) is 4.31 Å². The number of fused-ring (bicyclic) bond motifs is 1. The number of aromatic nitrogens is 1. The molecule has 2 aromatic carbocycles. The monoisotopic (exact) mass is 423 g/mol. The Morgan fingerprint density at radius 1 is 1.00 bits per heavy atom. The van der Waals surface area contributed by atoms with E-state index >= 15 is 0 Å². The minimum atomic E-state index is -3.56. The summed E-state index contributed by atoms with van der Waals surface area (Å²) in [6.07, 6.45) is 2.81. The zero-order valence-corrected chi connectivity index (χ0v) is 18.0. The van der Waals surface area contributed by atoms with Crippen LogP contribution in [0.2, 0.25) is 0 Å². The van der Waals surface area contributed by atoms with Crippen molar-refractivity contribution in [2.24, 2.45) is 0 Å². The molecule has 3 aromatic rings. The summed E-state index contributed by atoms with van der Waals surface area (Å²) in [4.78, 5) is 17.6. The molecule has 2 heterocycles. The number of aryl methyl sites for hydroxylation is 2. The van der Waals surface area contributed by atoms with Crippen LogP contribution in [0, 0.1) is 13.8 Å². The number of piperidine rings is 1. The van der Waals surface area contributed by atoms with Crippen molar-refractivity contribution < 1.29 is 13.2 Å². The smallest absolute Gasteiger partial charge is 0.257 e. The predicted molar refractivity (Wildman–Crippen MR) is 118 cm³/mol. The zero-order valence-electron chi connectivity index (χ0n) is 17.2. The number of anilines is 1. The number of nitrogens with one attached hydrogen (secondary N) is 1. The molecule has 4 rings (SSSR count). The molecule has 1 aliphatic heterocycles. The van der Waals surface area contributed by atoms with Crippen LogP contribution in [-0.2, 0) is 10.0 Å². The van der Waals surface area contributed by atoms with Gasteiger partial charge in [0.05, 0.1) is 21.7 Å². The number of hydrogen-bond acceptors (Lipinski definition) is 4.